The number of ether oxygens (including phenoxy) is 1. The van der Waals surface area contributed by atoms with E-state index in [4.69, 9.17) is 28.6 Å². The molecule has 1 aliphatic rings. The summed E-state index contributed by atoms with van der Waals surface area (Å²) in [6, 6.07) is 19.9. The first-order chi connectivity index (χ1) is 16.3. The van der Waals surface area contributed by atoms with Crippen molar-refractivity contribution in [1.82, 2.24) is 0 Å². The van der Waals surface area contributed by atoms with E-state index in [1.807, 2.05) is 44.2 Å². The zero-order chi connectivity index (χ0) is 24.2. The van der Waals surface area contributed by atoms with Crippen molar-refractivity contribution in [2.24, 2.45) is 0 Å². The van der Waals surface area contributed by atoms with Crippen molar-refractivity contribution in [2.45, 2.75) is 13.8 Å². The topological polar surface area (TPSA) is 58.6 Å². The summed E-state index contributed by atoms with van der Waals surface area (Å²) in [5.74, 6) is 0.0751. The van der Waals surface area contributed by atoms with Crippen molar-refractivity contribution >= 4 is 69.2 Å². The van der Waals surface area contributed by atoms with E-state index in [-0.39, 0.29) is 18.4 Å². The minimum Gasteiger partial charge on any atom is -0.484 e. The third kappa shape index (κ3) is 5.67. The number of benzene rings is 3. The minimum atomic E-state index is -0.252. The number of rotatable bonds is 6. The number of carbonyl (C=O) groups is 2. The monoisotopic (exact) mass is 508 g/mol. The summed E-state index contributed by atoms with van der Waals surface area (Å²) in [6.07, 6.45) is 1.76. The molecular weight excluding hydrogens is 488 g/mol. The summed E-state index contributed by atoms with van der Waals surface area (Å²) in [5, 5.41) is 3.42. The highest BCUT2D eigenvalue weighted by atomic mass is 35.5. The Morgan fingerprint density at radius 1 is 1.09 bits per heavy atom. The molecule has 1 heterocycles. The Kier molecular flexibility index (Phi) is 7.36. The van der Waals surface area contributed by atoms with E-state index in [9.17, 15) is 9.59 Å². The predicted octanol–water partition coefficient (Wildman–Crippen LogP) is 6.38. The van der Waals surface area contributed by atoms with Crippen LogP contribution in [0.3, 0.4) is 0 Å². The van der Waals surface area contributed by atoms with E-state index in [2.05, 4.69) is 5.32 Å². The molecule has 34 heavy (non-hydrogen) atoms. The molecule has 0 bridgehead atoms. The van der Waals surface area contributed by atoms with Crippen molar-refractivity contribution in [1.29, 1.82) is 0 Å². The molecule has 0 spiro atoms. The number of thioether (sulfide) groups is 1. The van der Waals surface area contributed by atoms with E-state index < -0.39 is 0 Å². The molecule has 0 radical (unpaired) electrons. The van der Waals surface area contributed by atoms with Crippen LogP contribution >= 0.6 is 35.6 Å². The van der Waals surface area contributed by atoms with E-state index >= 15 is 0 Å². The van der Waals surface area contributed by atoms with Gasteiger partial charge in [0.1, 0.15) is 5.75 Å². The molecule has 8 heteroatoms. The SMILES string of the molecule is Cc1ccc(NC(=O)COc2cccc(/C=C3\SC(=S)N(c4ccc(Cl)cc4)C3=O)c2)cc1C. The first-order valence-electron chi connectivity index (χ1n) is 10.4. The number of hydrogen-bond donors (Lipinski definition) is 1. The second kappa shape index (κ2) is 10.4. The molecule has 3 aromatic rings. The van der Waals surface area contributed by atoms with Crippen LogP contribution in [-0.2, 0) is 9.59 Å². The standard InChI is InChI=1S/C26H21ClN2O3S2/c1-16-6-9-20(12-17(16)2)28-24(30)15-32-22-5-3-4-18(13-22)14-23-25(31)29(26(33)34-23)21-10-7-19(27)8-11-21/h3-14H,15H2,1-2H3,(H,28,30)/b23-14-. The molecule has 0 atom stereocenters. The van der Waals surface area contributed by atoms with Gasteiger partial charge in [0.2, 0.25) is 0 Å². The highest BCUT2D eigenvalue weighted by molar-refractivity contribution is 8.27. The number of hydrogen-bond acceptors (Lipinski definition) is 5. The van der Waals surface area contributed by atoms with Crippen LogP contribution in [0.5, 0.6) is 5.75 Å². The van der Waals surface area contributed by atoms with E-state index in [0.717, 1.165) is 22.4 Å². The van der Waals surface area contributed by atoms with Crippen molar-refractivity contribution in [3.05, 3.63) is 93.3 Å². The van der Waals surface area contributed by atoms with Crippen molar-refractivity contribution in [2.75, 3.05) is 16.8 Å². The molecule has 0 unspecified atom stereocenters. The Bertz CT molecular complexity index is 1310. The number of nitrogens with one attached hydrogen (secondary N) is 1. The first kappa shape index (κ1) is 24.0. The first-order valence-corrected chi connectivity index (χ1v) is 12.0. The number of carbonyl (C=O) groups excluding carboxylic acids is 2. The minimum absolute atomic E-state index is 0.130. The molecule has 1 N–H and O–H groups in total. The maximum absolute atomic E-state index is 13.0. The van der Waals surface area contributed by atoms with Crippen molar-refractivity contribution in [3.8, 4) is 5.75 Å². The number of halogens is 1. The van der Waals surface area contributed by atoms with Gasteiger partial charge >= 0.3 is 0 Å². The lowest BCUT2D eigenvalue weighted by atomic mass is 10.1. The number of anilines is 2. The Hall–Kier alpha value is -3.13. The van der Waals surface area contributed by atoms with Crippen molar-refractivity contribution < 1.29 is 14.3 Å². The number of nitrogens with zero attached hydrogens (tertiary/aromatic N) is 1. The quantitative estimate of drug-likeness (QED) is 0.309. The van der Waals surface area contributed by atoms with Gasteiger partial charge < -0.3 is 10.1 Å². The predicted molar refractivity (Wildman–Crippen MR) is 144 cm³/mol. The molecule has 2 amide bonds. The Morgan fingerprint density at radius 2 is 1.85 bits per heavy atom. The van der Waals surface area contributed by atoms with Crippen molar-refractivity contribution in [3.63, 3.8) is 0 Å². The van der Waals surface area contributed by atoms with Crippen LogP contribution in [-0.4, -0.2) is 22.7 Å². The zero-order valence-electron chi connectivity index (χ0n) is 18.5. The van der Waals surface area contributed by atoms with Gasteiger partial charge in [-0.05, 0) is 85.1 Å². The molecule has 1 saturated heterocycles. The second-order valence-electron chi connectivity index (χ2n) is 7.70. The fraction of sp³-hybridized carbons (Fsp3) is 0.115. The largest absolute Gasteiger partial charge is 0.484 e. The van der Waals surface area contributed by atoms with E-state index in [0.29, 0.717) is 25.7 Å². The summed E-state index contributed by atoms with van der Waals surface area (Å²) in [4.78, 5) is 27.2. The van der Waals surface area contributed by atoms with Gasteiger partial charge in [0.05, 0.1) is 10.6 Å². The fourth-order valence-electron chi connectivity index (χ4n) is 3.29. The van der Waals surface area contributed by atoms with E-state index in [1.165, 1.54) is 16.7 Å². The van der Waals surface area contributed by atoms with Gasteiger partial charge in [-0.15, -0.1) is 0 Å². The smallest absolute Gasteiger partial charge is 0.270 e. The summed E-state index contributed by atoms with van der Waals surface area (Å²) in [7, 11) is 0. The Morgan fingerprint density at radius 3 is 2.59 bits per heavy atom. The van der Waals surface area contributed by atoms with Crippen LogP contribution < -0.4 is 15.0 Å². The highest BCUT2D eigenvalue weighted by Crippen LogP contribution is 2.36. The van der Waals surface area contributed by atoms with Gasteiger partial charge in [-0.3, -0.25) is 14.5 Å². The highest BCUT2D eigenvalue weighted by Gasteiger charge is 2.33. The fourth-order valence-corrected chi connectivity index (χ4v) is 4.72. The summed E-state index contributed by atoms with van der Waals surface area (Å²) < 4.78 is 6.12. The molecular formula is C26H21ClN2O3S2. The molecule has 1 fully saturated rings. The van der Waals surface area contributed by atoms with Gasteiger partial charge in [0.25, 0.3) is 11.8 Å². The third-order valence-corrected chi connectivity index (χ3v) is 6.75. The lowest BCUT2D eigenvalue weighted by molar-refractivity contribution is -0.118. The molecule has 5 nitrogen and oxygen atoms in total. The molecule has 0 saturated carbocycles. The van der Waals surface area contributed by atoms with Crippen LogP contribution in [0.15, 0.2) is 71.6 Å². The lowest BCUT2D eigenvalue weighted by Crippen LogP contribution is -2.27. The average molecular weight is 509 g/mol. The zero-order valence-corrected chi connectivity index (χ0v) is 20.9. The average Bonchev–Trinajstić information content (AvgIpc) is 3.08. The summed E-state index contributed by atoms with van der Waals surface area (Å²) in [5.41, 5.74) is 4.43. The summed E-state index contributed by atoms with van der Waals surface area (Å²) in [6.45, 7) is 3.89. The Balaban J connectivity index is 1.41. The molecule has 0 aliphatic carbocycles. The van der Waals surface area contributed by atoms with Gasteiger partial charge in [0, 0.05) is 10.7 Å². The lowest BCUT2D eigenvalue weighted by Gasteiger charge is -2.14. The molecule has 172 valence electrons. The van der Waals surface area contributed by atoms with Gasteiger partial charge in [0.15, 0.2) is 10.9 Å². The summed E-state index contributed by atoms with van der Waals surface area (Å²) >= 11 is 12.6. The van der Waals surface area contributed by atoms with Crippen LogP contribution in [0.1, 0.15) is 16.7 Å². The third-order valence-electron chi connectivity index (χ3n) is 5.19. The Labute approximate surface area is 212 Å². The van der Waals surface area contributed by atoms with Crippen LogP contribution in [0.25, 0.3) is 6.08 Å². The number of amides is 2. The van der Waals surface area contributed by atoms with E-state index in [1.54, 1.807) is 42.5 Å². The van der Waals surface area contributed by atoms with Crippen LogP contribution in [0.2, 0.25) is 5.02 Å². The molecule has 4 rings (SSSR count). The maximum atomic E-state index is 13.0. The molecule has 1 aliphatic heterocycles. The van der Waals surface area contributed by atoms with Crippen LogP contribution in [0, 0.1) is 13.8 Å². The number of thiocarbonyl (C=S) groups is 1. The van der Waals surface area contributed by atoms with Crippen LogP contribution in [0.4, 0.5) is 11.4 Å². The normalized spacial score (nSPS) is 14.6. The van der Waals surface area contributed by atoms with Gasteiger partial charge in [-0.2, -0.15) is 0 Å². The molecule has 0 aromatic heterocycles. The second-order valence-corrected chi connectivity index (χ2v) is 9.81. The maximum Gasteiger partial charge on any atom is 0.270 e. The number of aryl methyl sites for hydroxylation is 2. The van der Waals surface area contributed by atoms with Gasteiger partial charge in [-0.25, -0.2) is 0 Å². The van der Waals surface area contributed by atoms with Gasteiger partial charge in [-0.1, -0.05) is 53.8 Å². The molecule has 3 aromatic carbocycles.